The second-order valence-electron chi connectivity index (χ2n) is 8.66. The van der Waals surface area contributed by atoms with E-state index in [4.69, 9.17) is 0 Å². The molecule has 1 rings (SSSR count). The molecule has 0 radical (unpaired) electrons. The van der Waals surface area contributed by atoms with Crippen molar-refractivity contribution in [3.8, 4) is 0 Å². The smallest absolute Gasteiger partial charge is 0.204 e. The van der Waals surface area contributed by atoms with Crippen molar-refractivity contribution in [3.05, 3.63) is 11.5 Å². The number of carbonyl (C=O) groups is 1. The molecule has 20 heavy (non-hydrogen) atoms. The third kappa shape index (κ3) is 2.59. The summed E-state index contributed by atoms with van der Waals surface area (Å²) in [6.45, 7) is 18.7. The maximum Gasteiger partial charge on any atom is 0.204 e. The lowest BCUT2D eigenvalue weighted by molar-refractivity contribution is -0.134. The fourth-order valence-corrected chi connectivity index (χ4v) is 3.24. The summed E-state index contributed by atoms with van der Waals surface area (Å²) < 4.78 is 0. The molecule has 3 nitrogen and oxygen atoms in total. The maximum atomic E-state index is 12.8. The predicted octanol–water partition coefficient (Wildman–Crippen LogP) is 4.05. The van der Waals surface area contributed by atoms with Gasteiger partial charge in [-0.05, 0) is 23.7 Å². The van der Waals surface area contributed by atoms with Crippen molar-refractivity contribution in [1.29, 1.82) is 0 Å². The average Bonchev–Trinajstić information content (AvgIpc) is 2.19. The van der Waals surface area contributed by atoms with Gasteiger partial charge >= 0.3 is 0 Å². The van der Waals surface area contributed by atoms with Crippen LogP contribution >= 0.6 is 0 Å². The number of rotatable bonds is 1. The minimum atomic E-state index is -0.395. The van der Waals surface area contributed by atoms with Crippen molar-refractivity contribution in [3.63, 3.8) is 0 Å². The Morgan fingerprint density at radius 2 is 1.60 bits per heavy atom. The highest BCUT2D eigenvalue weighted by Gasteiger charge is 2.56. The molecule has 2 unspecified atom stereocenters. The molecule has 3 heteroatoms. The zero-order chi connectivity index (χ0) is 16.1. The molecule has 2 atom stereocenters. The number of carbonyl (C=O) groups excluding carboxylic acids is 1. The van der Waals surface area contributed by atoms with Crippen LogP contribution in [0, 0.1) is 22.7 Å². The number of Topliss-reactive ketones (excluding diaryl/α,β-unsaturated/α-hetero) is 1. The first-order valence-corrected chi connectivity index (χ1v) is 7.49. The Bertz CT molecular complexity index is 435. The van der Waals surface area contributed by atoms with Crippen LogP contribution in [-0.4, -0.2) is 16.4 Å². The molecule has 0 amide bonds. The first-order chi connectivity index (χ1) is 8.73. The van der Waals surface area contributed by atoms with Crippen LogP contribution in [0.5, 0.6) is 0 Å². The molecule has 1 aliphatic rings. The molecule has 0 fully saturated rings. The first kappa shape index (κ1) is 17.1. The van der Waals surface area contributed by atoms with Crippen molar-refractivity contribution in [2.45, 2.75) is 67.9 Å². The number of aliphatic hydroxyl groups is 1. The minimum absolute atomic E-state index is 0.0818. The molecule has 0 aromatic heterocycles. The van der Waals surface area contributed by atoms with Gasteiger partial charge in [0.05, 0.1) is 11.6 Å². The van der Waals surface area contributed by atoms with Crippen LogP contribution < -0.4 is 5.32 Å². The highest BCUT2D eigenvalue weighted by atomic mass is 16.3. The Kier molecular flexibility index (Phi) is 4.08. The van der Waals surface area contributed by atoms with E-state index in [1.54, 1.807) is 0 Å². The van der Waals surface area contributed by atoms with Gasteiger partial charge in [-0.15, -0.1) is 0 Å². The number of hydrogen-bond acceptors (Lipinski definition) is 3. The van der Waals surface area contributed by atoms with Gasteiger partial charge in [0, 0.05) is 5.54 Å². The number of allylic oxidation sites excluding steroid dienone is 2. The van der Waals surface area contributed by atoms with E-state index < -0.39 is 5.54 Å². The van der Waals surface area contributed by atoms with E-state index in [2.05, 4.69) is 53.8 Å². The zero-order valence-electron chi connectivity index (χ0n) is 14.5. The Hall–Kier alpha value is -0.990. The Morgan fingerprint density at radius 3 is 1.90 bits per heavy atom. The molecule has 0 aromatic rings. The Balaban J connectivity index is 3.54. The van der Waals surface area contributed by atoms with Crippen LogP contribution in [0.15, 0.2) is 11.5 Å². The Morgan fingerprint density at radius 1 is 1.15 bits per heavy atom. The van der Waals surface area contributed by atoms with Gasteiger partial charge < -0.3 is 10.4 Å². The molecule has 1 aliphatic heterocycles. The van der Waals surface area contributed by atoms with E-state index in [9.17, 15) is 9.90 Å². The number of aliphatic hydroxyl groups excluding tert-OH is 1. The third-order valence-corrected chi connectivity index (χ3v) is 4.72. The lowest BCUT2D eigenvalue weighted by atomic mass is 9.56. The zero-order valence-corrected chi connectivity index (χ0v) is 14.5. The number of nitrogens with one attached hydrogen (secondary N) is 1. The molecular formula is C17H31NO2. The van der Waals surface area contributed by atoms with E-state index in [1.165, 1.54) is 0 Å². The molecule has 0 aromatic carbocycles. The molecule has 0 spiro atoms. The topological polar surface area (TPSA) is 49.3 Å². The van der Waals surface area contributed by atoms with Crippen molar-refractivity contribution in [2.24, 2.45) is 22.7 Å². The largest absolute Gasteiger partial charge is 0.503 e. The van der Waals surface area contributed by atoms with E-state index >= 15 is 0 Å². The van der Waals surface area contributed by atoms with Crippen molar-refractivity contribution in [1.82, 2.24) is 5.32 Å². The monoisotopic (exact) mass is 281 g/mol. The van der Waals surface area contributed by atoms with Gasteiger partial charge in [-0.1, -0.05) is 55.4 Å². The van der Waals surface area contributed by atoms with Crippen LogP contribution in [0.3, 0.4) is 0 Å². The van der Waals surface area contributed by atoms with E-state index in [0.717, 1.165) is 0 Å². The summed E-state index contributed by atoms with van der Waals surface area (Å²) in [7, 11) is 0. The van der Waals surface area contributed by atoms with Gasteiger partial charge in [0.2, 0.25) is 5.78 Å². The SMILES string of the molecule is CC(C)C1=C(O)C(=O)C(C(C)(C)C)C(C)(C(C)(C)C)N1. The summed E-state index contributed by atoms with van der Waals surface area (Å²) in [6, 6.07) is 0. The van der Waals surface area contributed by atoms with Gasteiger partial charge in [0.15, 0.2) is 5.76 Å². The van der Waals surface area contributed by atoms with Gasteiger partial charge in [0.1, 0.15) is 0 Å². The summed E-state index contributed by atoms with van der Waals surface area (Å²) in [5.74, 6) is -0.377. The van der Waals surface area contributed by atoms with Gasteiger partial charge in [0.25, 0.3) is 0 Å². The normalized spacial score (nSPS) is 28.9. The number of hydrogen-bond donors (Lipinski definition) is 2. The summed E-state index contributed by atoms with van der Waals surface area (Å²) in [4.78, 5) is 12.8. The summed E-state index contributed by atoms with van der Waals surface area (Å²) >= 11 is 0. The van der Waals surface area contributed by atoms with Crippen LogP contribution in [0.2, 0.25) is 0 Å². The summed E-state index contributed by atoms with van der Waals surface area (Å²) in [6.07, 6.45) is 0. The van der Waals surface area contributed by atoms with Crippen LogP contribution in [0.4, 0.5) is 0 Å². The van der Waals surface area contributed by atoms with Crippen LogP contribution in [0.1, 0.15) is 62.3 Å². The second-order valence-corrected chi connectivity index (χ2v) is 8.66. The lowest BCUT2D eigenvalue weighted by Crippen LogP contribution is -2.65. The van der Waals surface area contributed by atoms with Crippen molar-refractivity contribution in [2.75, 3.05) is 0 Å². The lowest BCUT2D eigenvalue weighted by Gasteiger charge is -2.55. The molecule has 116 valence electrons. The fourth-order valence-electron chi connectivity index (χ4n) is 3.24. The highest BCUT2D eigenvalue weighted by molar-refractivity contribution is 5.98. The van der Waals surface area contributed by atoms with E-state index in [0.29, 0.717) is 5.70 Å². The molecule has 0 bridgehead atoms. The van der Waals surface area contributed by atoms with Crippen LogP contribution in [-0.2, 0) is 4.79 Å². The first-order valence-electron chi connectivity index (χ1n) is 7.49. The highest BCUT2D eigenvalue weighted by Crippen LogP contribution is 2.48. The Labute approximate surface area is 123 Å². The molecule has 0 aliphatic carbocycles. The summed E-state index contributed by atoms with van der Waals surface area (Å²) in [5, 5.41) is 13.8. The van der Waals surface area contributed by atoms with Crippen molar-refractivity contribution >= 4 is 5.78 Å². The molecule has 1 heterocycles. The fraction of sp³-hybridized carbons (Fsp3) is 0.824. The molecule has 0 saturated heterocycles. The molecule has 0 saturated carbocycles. The van der Waals surface area contributed by atoms with Crippen LogP contribution in [0.25, 0.3) is 0 Å². The second kappa shape index (κ2) is 4.78. The maximum absolute atomic E-state index is 12.8. The third-order valence-electron chi connectivity index (χ3n) is 4.72. The minimum Gasteiger partial charge on any atom is -0.503 e. The molecule has 2 N–H and O–H groups in total. The standard InChI is InChI=1S/C17H31NO2/c1-10(2)11-12(19)13(20)14(15(3,4)5)17(9,18-11)16(6,7)8/h10,14,18-19H,1-9H3. The molecular weight excluding hydrogens is 250 g/mol. The van der Waals surface area contributed by atoms with Gasteiger partial charge in [-0.2, -0.15) is 0 Å². The number of ketones is 1. The van der Waals surface area contributed by atoms with Gasteiger partial charge in [-0.3, -0.25) is 4.79 Å². The van der Waals surface area contributed by atoms with E-state index in [1.807, 2.05) is 13.8 Å². The quantitative estimate of drug-likeness (QED) is 0.762. The average molecular weight is 281 g/mol. The summed E-state index contributed by atoms with van der Waals surface area (Å²) in [5.41, 5.74) is -0.0500. The van der Waals surface area contributed by atoms with E-state index in [-0.39, 0.29) is 34.2 Å². The predicted molar refractivity (Wildman–Crippen MR) is 83.4 cm³/mol. The van der Waals surface area contributed by atoms with Gasteiger partial charge in [-0.25, -0.2) is 0 Å². The van der Waals surface area contributed by atoms with Crippen molar-refractivity contribution < 1.29 is 9.90 Å².